The van der Waals surface area contributed by atoms with Crippen molar-refractivity contribution in [3.8, 4) is 0 Å². The molecule has 0 spiro atoms. The molecule has 126 valence electrons. The molecule has 10 nitrogen and oxygen atoms in total. The van der Waals surface area contributed by atoms with Gasteiger partial charge in [0.2, 0.25) is 11.8 Å². The average molecular weight is 330 g/mol. The van der Waals surface area contributed by atoms with E-state index >= 15 is 0 Å². The van der Waals surface area contributed by atoms with Gasteiger partial charge < -0.3 is 15.2 Å². The van der Waals surface area contributed by atoms with Crippen LogP contribution < -0.4 is 10.6 Å². The zero-order valence-electron chi connectivity index (χ0n) is 13.1. The first-order chi connectivity index (χ1) is 11.6. The predicted molar refractivity (Wildman–Crippen MR) is 85.6 cm³/mol. The van der Waals surface area contributed by atoms with Crippen molar-refractivity contribution >= 4 is 17.5 Å². The minimum atomic E-state index is -0.573. The van der Waals surface area contributed by atoms with Crippen molar-refractivity contribution in [1.29, 1.82) is 0 Å². The standard InChI is InChI=1S/C14H18N8O2/c15-12-11(22(23)24)6-16-14(18-12)20-5-1-2-9(7-20)13-19-17-8-21(13)10-3-4-10/h6,8-10H,1-5,7H2,(H2,15,16,18)/t9-/m1/s1. The van der Waals surface area contributed by atoms with Gasteiger partial charge in [0, 0.05) is 25.0 Å². The lowest BCUT2D eigenvalue weighted by Gasteiger charge is -2.32. The summed E-state index contributed by atoms with van der Waals surface area (Å²) in [6.07, 6.45) is 7.36. The molecule has 10 heteroatoms. The molecular formula is C14H18N8O2. The Morgan fingerprint density at radius 3 is 2.88 bits per heavy atom. The molecule has 0 amide bonds. The molecule has 1 atom stereocenters. The van der Waals surface area contributed by atoms with Gasteiger partial charge in [-0.2, -0.15) is 4.98 Å². The quantitative estimate of drug-likeness (QED) is 0.655. The molecular weight excluding hydrogens is 312 g/mol. The summed E-state index contributed by atoms with van der Waals surface area (Å²) in [6, 6.07) is 0.539. The molecule has 2 fully saturated rings. The third-order valence-corrected chi connectivity index (χ3v) is 4.59. The van der Waals surface area contributed by atoms with Gasteiger partial charge in [-0.25, -0.2) is 4.98 Å². The molecule has 3 heterocycles. The molecule has 2 aliphatic rings. The lowest BCUT2D eigenvalue weighted by atomic mass is 9.97. The molecule has 2 N–H and O–H groups in total. The molecule has 1 saturated carbocycles. The second-order valence-corrected chi connectivity index (χ2v) is 6.31. The van der Waals surface area contributed by atoms with Crippen LogP contribution in [-0.2, 0) is 0 Å². The number of nitrogens with two attached hydrogens (primary N) is 1. The van der Waals surface area contributed by atoms with E-state index in [9.17, 15) is 10.1 Å². The van der Waals surface area contributed by atoms with Crippen LogP contribution in [-0.4, -0.2) is 42.7 Å². The third-order valence-electron chi connectivity index (χ3n) is 4.59. The molecule has 0 radical (unpaired) electrons. The van der Waals surface area contributed by atoms with E-state index in [-0.39, 0.29) is 17.4 Å². The zero-order chi connectivity index (χ0) is 16.7. The van der Waals surface area contributed by atoms with E-state index in [0.29, 0.717) is 18.5 Å². The second kappa shape index (κ2) is 5.69. The number of rotatable bonds is 4. The molecule has 4 rings (SSSR count). The fraction of sp³-hybridized carbons (Fsp3) is 0.571. The van der Waals surface area contributed by atoms with Crippen LogP contribution in [0, 0.1) is 10.1 Å². The van der Waals surface area contributed by atoms with Crippen LogP contribution in [0.5, 0.6) is 0 Å². The van der Waals surface area contributed by atoms with E-state index in [0.717, 1.165) is 25.2 Å². The largest absolute Gasteiger partial charge is 0.378 e. The first kappa shape index (κ1) is 14.8. The van der Waals surface area contributed by atoms with Crippen LogP contribution >= 0.6 is 0 Å². The molecule has 1 aliphatic heterocycles. The molecule has 0 aromatic carbocycles. The van der Waals surface area contributed by atoms with Crippen molar-refractivity contribution < 1.29 is 4.92 Å². The minimum absolute atomic E-state index is 0.103. The second-order valence-electron chi connectivity index (χ2n) is 6.31. The van der Waals surface area contributed by atoms with E-state index < -0.39 is 4.92 Å². The Morgan fingerprint density at radius 2 is 2.17 bits per heavy atom. The fourth-order valence-electron chi connectivity index (χ4n) is 3.22. The van der Waals surface area contributed by atoms with Crippen molar-refractivity contribution in [3.63, 3.8) is 0 Å². The van der Waals surface area contributed by atoms with E-state index in [1.165, 1.54) is 19.0 Å². The normalized spacial score (nSPS) is 21.0. The Kier molecular flexibility index (Phi) is 3.51. The number of aromatic nitrogens is 5. The first-order valence-corrected chi connectivity index (χ1v) is 8.04. The highest BCUT2D eigenvalue weighted by atomic mass is 16.6. The first-order valence-electron chi connectivity index (χ1n) is 8.04. The Bertz CT molecular complexity index is 772. The van der Waals surface area contributed by atoms with Gasteiger partial charge in [0.05, 0.1) is 4.92 Å². The number of hydrogen-bond donors (Lipinski definition) is 1. The fourth-order valence-corrected chi connectivity index (χ4v) is 3.22. The topological polar surface area (TPSA) is 129 Å². The van der Waals surface area contributed by atoms with Crippen LogP contribution in [0.2, 0.25) is 0 Å². The minimum Gasteiger partial charge on any atom is -0.378 e. The summed E-state index contributed by atoms with van der Waals surface area (Å²) in [7, 11) is 0. The smallest absolute Gasteiger partial charge is 0.329 e. The number of anilines is 2. The van der Waals surface area contributed by atoms with Crippen LogP contribution in [0.4, 0.5) is 17.5 Å². The maximum atomic E-state index is 10.8. The Hall–Kier alpha value is -2.78. The Labute approximate surface area is 137 Å². The molecule has 0 bridgehead atoms. The van der Waals surface area contributed by atoms with Gasteiger partial charge in [-0.05, 0) is 25.7 Å². The Balaban J connectivity index is 1.55. The third kappa shape index (κ3) is 2.63. The maximum absolute atomic E-state index is 10.8. The van der Waals surface area contributed by atoms with Crippen LogP contribution in [0.3, 0.4) is 0 Å². The Morgan fingerprint density at radius 1 is 1.33 bits per heavy atom. The molecule has 0 unspecified atom stereocenters. The zero-order valence-corrected chi connectivity index (χ0v) is 13.1. The van der Waals surface area contributed by atoms with E-state index in [1.807, 2.05) is 11.2 Å². The monoisotopic (exact) mass is 330 g/mol. The van der Waals surface area contributed by atoms with Gasteiger partial charge in [0.15, 0.2) is 0 Å². The van der Waals surface area contributed by atoms with Gasteiger partial charge in [0.25, 0.3) is 0 Å². The number of hydrogen-bond acceptors (Lipinski definition) is 8. The number of nitrogens with zero attached hydrogens (tertiary/aromatic N) is 7. The highest BCUT2D eigenvalue weighted by Gasteiger charge is 2.32. The van der Waals surface area contributed by atoms with Gasteiger partial charge in [0.1, 0.15) is 18.3 Å². The lowest BCUT2D eigenvalue weighted by Crippen LogP contribution is -2.36. The molecule has 24 heavy (non-hydrogen) atoms. The number of nitro groups is 1. The lowest BCUT2D eigenvalue weighted by molar-refractivity contribution is -0.384. The average Bonchev–Trinajstić information content (AvgIpc) is 3.31. The summed E-state index contributed by atoms with van der Waals surface area (Å²) >= 11 is 0. The van der Waals surface area contributed by atoms with Gasteiger partial charge in [-0.15, -0.1) is 10.2 Å². The van der Waals surface area contributed by atoms with Crippen molar-refractivity contribution in [2.45, 2.75) is 37.6 Å². The van der Waals surface area contributed by atoms with E-state index in [4.69, 9.17) is 5.73 Å². The molecule has 1 aliphatic carbocycles. The maximum Gasteiger partial charge on any atom is 0.329 e. The SMILES string of the molecule is Nc1nc(N2CCC[C@@H](c3nncn3C3CC3)C2)ncc1[N+](=O)[O-]. The summed E-state index contributed by atoms with van der Waals surface area (Å²) in [4.78, 5) is 20.5. The summed E-state index contributed by atoms with van der Waals surface area (Å²) in [6.45, 7) is 1.51. The predicted octanol–water partition coefficient (Wildman–Crippen LogP) is 1.28. The molecule has 1 saturated heterocycles. The van der Waals surface area contributed by atoms with Crippen LogP contribution in [0.25, 0.3) is 0 Å². The van der Waals surface area contributed by atoms with Crippen molar-refractivity contribution in [3.05, 3.63) is 28.5 Å². The van der Waals surface area contributed by atoms with Gasteiger partial charge >= 0.3 is 5.69 Å². The van der Waals surface area contributed by atoms with Gasteiger partial charge in [-0.1, -0.05) is 0 Å². The number of piperidine rings is 1. The summed E-state index contributed by atoms with van der Waals surface area (Å²) < 4.78 is 2.18. The van der Waals surface area contributed by atoms with Crippen LogP contribution in [0.1, 0.15) is 43.5 Å². The highest BCUT2D eigenvalue weighted by molar-refractivity contribution is 5.54. The summed E-state index contributed by atoms with van der Waals surface area (Å²) in [5.74, 6) is 1.59. The molecule has 2 aromatic heterocycles. The molecule has 2 aromatic rings. The van der Waals surface area contributed by atoms with Crippen molar-refractivity contribution in [2.24, 2.45) is 0 Å². The van der Waals surface area contributed by atoms with E-state index in [2.05, 4.69) is 24.7 Å². The van der Waals surface area contributed by atoms with E-state index in [1.54, 1.807) is 0 Å². The van der Waals surface area contributed by atoms with Crippen molar-refractivity contribution in [1.82, 2.24) is 24.7 Å². The number of nitrogen functional groups attached to an aromatic ring is 1. The highest BCUT2D eigenvalue weighted by Crippen LogP contribution is 2.38. The van der Waals surface area contributed by atoms with Crippen molar-refractivity contribution in [2.75, 3.05) is 23.7 Å². The van der Waals surface area contributed by atoms with Crippen LogP contribution in [0.15, 0.2) is 12.5 Å². The van der Waals surface area contributed by atoms with Gasteiger partial charge in [-0.3, -0.25) is 10.1 Å². The summed E-state index contributed by atoms with van der Waals surface area (Å²) in [5, 5.41) is 19.2. The summed E-state index contributed by atoms with van der Waals surface area (Å²) in [5.41, 5.74) is 5.42.